The number of anilines is 1. The summed E-state index contributed by atoms with van der Waals surface area (Å²) >= 11 is 6.95. The SMILES string of the molecule is CCOC(=O)CC(=S)N(F)c1ccc(I)cc1. The third kappa shape index (κ3) is 4.55. The molecule has 0 aliphatic heterocycles. The number of carbonyl (C=O) groups is 1. The van der Waals surface area contributed by atoms with Crippen molar-refractivity contribution >= 4 is 51.5 Å². The van der Waals surface area contributed by atoms with Gasteiger partial charge in [0.05, 0.1) is 18.7 Å². The van der Waals surface area contributed by atoms with Crippen LogP contribution < -0.4 is 5.12 Å². The van der Waals surface area contributed by atoms with Gasteiger partial charge in [0.1, 0.15) is 4.99 Å². The summed E-state index contributed by atoms with van der Waals surface area (Å²) in [6.45, 7) is 1.95. The first-order valence-corrected chi connectivity index (χ1v) is 6.43. The molecule has 0 atom stereocenters. The number of rotatable bonds is 4. The lowest BCUT2D eigenvalue weighted by molar-refractivity contribution is -0.141. The average molecular weight is 367 g/mol. The Morgan fingerprint density at radius 1 is 1.47 bits per heavy atom. The van der Waals surface area contributed by atoms with Crippen LogP contribution >= 0.6 is 34.8 Å². The topological polar surface area (TPSA) is 29.5 Å². The van der Waals surface area contributed by atoms with Crippen molar-refractivity contribution < 1.29 is 14.0 Å². The minimum absolute atomic E-state index is 0.107. The largest absolute Gasteiger partial charge is 0.466 e. The molecule has 1 aromatic carbocycles. The van der Waals surface area contributed by atoms with Crippen LogP contribution in [0.4, 0.5) is 10.2 Å². The molecule has 0 aliphatic rings. The molecule has 0 bridgehead atoms. The maximum Gasteiger partial charge on any atom is 0.312 e. The molecular formula is C11H11FINO2S. The molecule has 1 rings (SSSR count). The highest BCUT2D eigenvalue weighted by atomic mass is 127. The second-order valence-corrected chi connectivity index (χ2v) is 4.85. The summed E-state index contributed by atoms with van der Waals surface area (Å²) < 4.78 is 19.4. The zero-order valence-corrected chi connectivity index (χ0v) is 12.1. The maximum absolute atomic E-state index is 13.7. The van der Waals surface area contributed by atoms with Gasteiger partial charge in [0.2, 0.25) is 0 Å². The molecule has 0 spiro atoms. The maximum atomic E-state index is 13.7. The zero-order chi connectivity index (χ0) is 12.8. The van der Waals surface area contributed by atoms with Crippen LogP contribution in [-0.4, -0.2) is 17.6 Å². The molecule has 0 aliphatic carbocycles. The molecule has 1 aromatic rings. The van der Waals surface area contributed by atoms with Crippen molar-refractivity contribution in [3.8, 4) is 0 Å². The minimum atomic E-state index is -0.523. The number of hydrogen-bond acceptors (Lipinski definition) is 3. The van der Waals surface area contributed by atoms with Gasteiger partial charge in [-0.15, -0.1) is 0 Å². The molecular weight excluding hydrogens is 356 g/mol. The molecule has 0 heterocycles. The highest BCUT2D eigenvalue weighted by Gasteiger charge is 2.15. The lowest BCUT2D eigenvalue weighted by Gasteiger charge is -2.14. The van der Waals surface area contributed by atoms with Gasteiger partial charge in [-0.25, -0.2) is 0 Å². The standard InChI is InChI=1S/C11H11FINO2S/c1-2-16-11(15)7-10(17)14(12)9-5-3-8(13)4-6-9/h3-6H,2,7H2,1H3. The van der Waals surface area contributed by atoms with Gasteiger partial charge in [0.25, 0.3) is 0 Å². The van der Waals surface area contributed by atoms with Crippen molar-refractivity contribution in [1.82, 2.24) is 0 Å². The molecule has 0 saturated heterocycles. The third-order valence-electron chi connectivity index (χ3n) is 1.87. The molecule has 0 N–H and O–H groups in total. The lowest BCUT2D eigenvalue weighted by Crippen LogP contribution is -2.23. The van der Waals surface area contributed by atoms with E-state index in [1.54, 1.807) is 31.2 Å². The fraction of sp³-hybridized carbons (Fsp3) is 0.273. The number of nitrogens with zero attached hydrogens (tertiary/aromatic N) is 1. The van der Waals surface area contributed by atoms with Crippen LogP contribution in [-0.2, 0) is 9.53 Å². The predicted molar refractivity (Wildman–Crippen MR) is 76.6 cm³/mol. The number of thiocarbonyl (C=S) groups is 1. The number of ether oxygens (including phenoxy) is 1. The first kappa shape index (κ1) is 14.3. The summed E-state index contributed by atoms with van der Waals surface area (Å²) in [5.41, 5.74) is 0.305. The van der Waals surface area contributed by atoms with Crippen LogP contribution in [0.3, 0.4) is 0 Å². The molecule has 0 radical (unpaired) electrons. The molecule has 0 unspecified atom stereocenters. The van der Waals surface area contributed by atoms with Gasteiger partial charge >= 0.3 is 5.97 Å². The van der Waals surface area contributed by atoms with Crippen molar-refractivity contribution in [3.63, 3.8) is 0 Å². The molecule has 17 heavy (non-hydrogen) atoms. The lowest BCUT2D eigenvalue weighted by atomic mass is 10.3. The van der Waals surface area contributed by atoms with Crippen LogP contribution in [0, 0.1) is 3.57 Å². The van der Waals surface area contributed by atoms with Gasteiger partial charge in [0.15, 0.2) is 0 Å². The second kappa shape index (κ2) is 6.85. The van der Waals surface area contributed by atoms with E-state index in [-0.39, 0.29) is 18.0 Å². The molecule has 92 valence electrons. The Kier molecular flexibility index (Phi) is 5.76. The van der Waals surface area contributed by atoms with Crippen LogP contribution in [0.1, 0.15) is 13.3 Å². The minimum Gasteiger partial charge on any atom is -0.466 e. The van der Waals surface area contributed by atoms with E-state index < -0.39 is 5.97 Å². The Labute approximate surface area is 118 Å². The van der Waals surface area contributed by atoms with E-state index in [2.05, 4.69) is 22.6 Å². The Bertz CT molecular complexity index is 410. The van der Waals surface area contributed by atoms with Gasteiger partial charge < -0.3 is 4.74 Å². The van der Waals surface area contributed by atoms with Crippen LogP contribution in [0.2, 0.25) is 0 Å². The van der Waals surface area contributed by atoms with Gasteiger partial charge in [-0.05, 0) is 53.8 Å². The predicted octanol–water partition coefficient (Wildman–Crippen LogP) is 3.26. The fourth-order valence-electron chi connectivity index (χ4n) is 1.12. The number of halogens is 2. The van der Waals surface area contributed by atoms with Crippen LogP contribution in [0.5, 0.6) is 0 Å². The van der Waals surface area contributed by atoms with E-state index in [1.165, 1.54) is 0 Å². The Morgan fingerprint density at radius 2 is 2.06 bits per heavy atom. The van der Waals surface area contributed by atoms with Gasteiger partial charge in [0, 0.05) is 3.57 Å². The highest BCUT2D eigenvalue weighted by Crippen LogP contribution is 2.18. The summed E-state index contributed by atoms with van der Waals surface area (Å²) in [7, 11) is 0. The smallest absolute Gasteiger partial charge is 0.312 e. The number of benzene rings is 1. The van der Waals surface area contributed by atoms with Crippen molar-refractivity contribution in [3.05, 3.63) is 27.8 Å². The second-order valence-electron chi connectivity index (χ2n) is 3.13. The Balaban J connectivity index is 2.63. The summed E-state index contributed by atoms with van der Waals surface area (Å²) in [6.07, 6.45) is -0.230. The van der Waals surface area contributed by atoms with E-state index >= 15 is 0 Å². The monoisotopic (exact) mass is 367 g/mol. The summed E-state index contributed by atoms with van der Waals surface area (Å²) in [4.78, 5) is 11.0. The molecule has 0 amide bonds. The van der Waals surface area contributed by atoms with Gasteiger partial charge in [-0.1, -0.05) is 16.7 Å². The number of carbonyl (C=O) groups excluding carboxylic acids is 1. The molecule has 0 fully saturated rings. The quantitative estimate of drug-likeness (QED) is 0.354. The molecule has 0 aromatic heterocycles. The average Bonchev–Trinajstić information content (AvgIpc) is 2.29. The number of hydrogen-bond donors (Lipinski definition) is 0. The van der Waals surface area contributed by atoms with Gasteiger partial charge in [-0.2, -0.15) is 5.12 Å². The van der Waals surface area contributed by atoms with Crippen molar-refractivity contribution in [2.75, 3.05) is 11.7 Å². The van der Waals surface area contributed by atoms with Crippen molar-refractivity contribution in [2.45, 2.75) is 13.3 Å². The molecule has 0 saturated carbocycles. The van der Waals surface area contributed by atoms with Crippen LogP contribution in [0.15, 0.2) is 24.3 Å². The van der Waals surface area contributed by atoms with E-state index in [1.807, 2.05) is 0 Å². The van der Waals surface area contributed by atoms with Crippen molar-refractivity contribution in [1.29, 1.82) is 0 Å². The zero-order valence-electron chi connectivity index (χ0n) is 9.15. The molecule has 6 heteroatoms. The Hall–Kier alpha value is -0.760. The first-order chi connectivity index (χ1) is 8.04. The van der Waals surface area contributed by atoms with E-state index in [4.69, 9.17) is 17.0 Å². The van der Waals surface area contributed by atoms with E-state index in [0.717, 1.165) is 3.57 Å². The summed E-state index contributed by atoms with van der Waals surface area (Å²) in [5.74, 6) is -0.523. The normalized spacial score (nSPS) is 9.82. The van der Waals surface area contributed by atoms with E-state index in [0.29, 0.717) is 10.8 Å². The van der Waals surface area contributed by atoms with Crippen molar-refractivity contribution in [2.24, 2.45) is 0 Å². The third-order valence-corrected chi connectivity index (χ3v) is 2.90. The fourth-order valence-corrected chi connectivity index (χ4v) is 1.70. The van der Waals surface area contributed by atoms with Gasteiger partial charge in [-0.3, -0.25) is 4.79 Å². The molecule has 3 nitrogen and oxygen atoms in total. The first-order valence-electron chi connectivity index (χ1n) is 4.94. The summed E-state index contributed by atoms with van der Waals surface area (Å²) in [6, 6.07) is 6.71. The highest BCUT2D eigenvalue weighted by molar-refractivity contribution is 14.1. The van der Waals surface area contributed by atoms with E-state index in [9.17, 15) is 9.28 Å². The Morgan fingerprint density at radius 3 is 2.59 bits per heavy atom. The summed E-state index contributed by atoms with van der Waals surface area (Å²) in [5, 5.41) is 0.322. The van der Waals surface area contributed by atoms with Crippen LogP contribution in [0.25, 0.3) is 0 Å². The number of esters is 1.